The van der Waals surface area contributed by atoms with Crippen LogP contribution in [0.4, 0.5) is 35.1 Å². The van der Waals surface area contributed by atoms with Crippen LogP contribution in [-0.2, 0) is 20.1 Å². The molecule has 1 aromatic heterocycles. The number of hydrogen-bond acceptors (Lipinski definition) is 1. The molecule has 0 atom stereocenters. The third kappa shape index (κ3) is 2.57. The fraction of sp³-hybridized carbons (Fsp3) is 0.267. The summed E-state index contributed by atoms with van der Waals surface area (Å²) in [6.07, 6.45) is 0.551. The van der Waals surface area contributed by atoms with E-state index >= 15 is 0 Å². The van der Waals surface area contributed by atoms with Crippen LogP contribution < -0.4 is 0 Å². The molecule has 137 valence electrons. The first-order valence-electron chi connectivity index (χ1n) is 6.45. The zero-order valence-corrected chi connectivity index (χ0v) is 14.2. The van der Waals surface area contributed by atoms with E-state index in [0.717, 1.165) is 6.07 Å². The van der Waals surface area contributed by atoms with Crippen molar-refractivity contribution in [2.24, 2.45) is 0 Å². The second kappa shape index (κ2) is 5.74. The number of aromatic nitrogens is 1. The zero-order valence-electron chi connectivity index (χ0n) is 11.8. The predicted molar refractivity (Wildman–Crippen MR) is 68.2 cm³/mol. The van der Waals surface area contributed by atoms with Gasteiger partial charge in [0.1, 0.15) is 0 Å². The first kappa shape index (κ1) is 19.8. The van der Waals surface area contributed by atoms with Gasteiger partial charge in [0.05, 0.1) is 0 Å². The van der Waals surface area contributed by atoms with Crippen LogP contribution in [0.25, 0.3) is 16.5 Å². The van der Waals surface area contributed by atoms with Gasteiger partial charge in [0.25, 0.3) is 5.92 Å². The Morgan fingerprint density at radius 1 is 0.760 bits per heavy atom. The average Bonchev–Trinajstić information content (AvgIpc) is 2.50. The number of rotatable bonds is 1. The summed E-state index contributed by atoms with van der Waals surface area (Å²) >= 11 is 0. The quantitative estimate of drug-likeness (QED) is 0.365. The molecule has 1 nitrogen and oxygen atoms in total. The van der Waals surface area contributed by atoms with E-state index in [1.54, 1.807) is 6.07 Å². The number of para-hydroxylation sites is 1. The first-order chi connectivity index (χ1) is 10.9. The number of benzene rings is 1. The van der Waals surface area contributed by atoms with Crippen LogP contribution in [0, 0.1) is 6.08 Å². The Hall–Kier alpha value is -1.54. The number of hydrogen-bond donors (Lipinski definition) is 0. The molecule has 1 radical (unpaired) electrons. The van der Waals surface area contributed by atoms with Gasteiger partial charge in [0.2, 0.25) is 0 Å². The van der Waals surface area contributed by atoms with E-state index < -0.39 is 35.0 Å². The van der Waals surface area contributed by atoms with Gasteiger partial charge in [-0.25, -0.2) is 8.78 Å². The molecular weight excluding hydrogens is 538 g/mol. The summed E-state index contributed by atoms with van der Waals surface area (Å²) in [4.78, 5) is 3.58. The van der Waals surface area contributed by atoms with Gasteiger partial charge in [-0.2, -0.15) is 32.4 Å². The van der Waals surface area contributed by atoms with E-state index in [0.29, 0.717) is 11.5 Å². The predicted octanol–water partition coefficient (Wildman–Crippen LogP) is 4.97. The smallest absolute Gasteiger partial charge is 0.343 e. The molecule has 0 amide bonds. The maximum atomic E-state index is 13.9. The Labute approximate surface area is 149 Å². The Bertz CT molecular complexity index is 846. The number of pyridine rings is 1. The van der Waals surface area contributed by atoms with Gasteiger partial charge >= 0.3 is 17.8 Å². The Balaban J connectivity index is 0.00000225. The van der Waals surface area contributed by atoms with Crippen molar-refractivity contribution in [3.63, 3.8) is 0 Å². The number of nitrogens with zero attached hydrogens (tertiary/aromatic N) is 1. The topological polar surface area (TPSA) is 12.9 Å². The minimum absolute atomic E-state index is 0. The first-order valence-corrected chi connectivity index (χ1v) is 6.45. The number of allylic oxidation sites excluding steroid dienone is 2. The van der Waals surface area contributed by atoms with E-state index in [-0.39, 0.29) is 25.6 Å². The molecule has 0 N–H and O–H groups in total. The molecule has 0 unspecified atom stereocenters. The maximum Gasteiger partial charge on any atom is 0.378 e. The average molecular weight is 544 g/mol. The normalized spacial score (nSPS) is 22.8. The van der Waals surface area contributed by atoms with Crippen molar-refractivity contribution in [3.05, 3.63) is 48.2 Å². The Morgan fingerprint density at radius 3 is 2.00 bits per heavy atom. The molecule has 1 aliphatic rings. The summed E-state index contributed by atoms with van der Waals surface area (Å²) in [6, 6.07) is 7.81. The number of alkyl halides is 8. The third-order valence-corrected chi connectivity index (χ3v) is 3.63. The standard InChI is InChI=1S/C15H6F8N.Ir/c16-12(17)7-9(13(18,19)15(22,23)14(12,20)21)11-6-5-8-3-1-2-4-10(8)24-11;/h1-6H;/q-1;. The molecule has 0 aliphatic heterocycles. The van der Waals surface area contributed by atoms with Crippen molar-refractivity contribution in [1.29, 1.82) is 0 Å². The summed E-state index contributed by atoms with van der Waals surface area (Å²) in [5.41, 5.74) is -2.99. The molecular formula is C15H6F8IrN-. The van der Waals surface area contributed by atoms with Gasteiger partial charge in [-0.1, -0.05) is 30.0 Å². The van der Waals surface area contributed by atoms with Crippen molar-refractivity contribution in [2.75, 3.05) is 0 Å². The summed E-state index contributed by atoms with van der Waals surface area (Å²) in [5, 5.41) is 0.421. The van der Waals surface area contributed by atoms with Gasteiger partial charge in [-0.05, 0) is 11.5 Å². The molecule has 0 saturated carbocycles. The maximum absolute atomic E-state index is 13.9. The molecule has 25 heavy (non-hydrogen) atoms. The largest absolute Gasteiger partial charge is 0.378 e. The van der Waals surface area contributed by atoms with Crippen LogP contribution in [0.3, 0.4) is 0 Å². The third-order valence-electron chi connectivity index (χ3n) is 3.63. The van der Waals surface area contributed by atoms with Crippen molar-refractivity contribution in [2.45, 2.75) is 23.7 Å². The molecule has 0 spiro atoms. The summed E-state index contributed by atoms with van der Waals surface area (Å²) in [6.45, 7) is 0. The van der Waals surface area contributed by atoms with Crippen molar-refractivity contribution < 1.29 is 55.2 Å². The van der Waals surface area contributed by atoms with Gasteiger partial charge in [-0.15, -0.1) is 11.6 Å². The van der Waals surface area contributed by atoms with Crippen molar-refractivity contribution in [1.82, 2.24) is 4.98 Å². The van der Waals surface area contributed by atoms with Crippen LogP contribution in [0.2, 0.25) is 0 Å². The molecule has 0 fully saturated rings. The van der Waals surface area contributed by atoms with Crippen LogP contribution >= 0.6 is 0 Å². The van der Waals surface area contributed by atoms with E-state index in [2.05, 4.69) is 4.98 Å². The van der Waals surface area contributed by atoms with Crippen LogP contribution in [-0.4, -0.2) is 28.7 Å². The summed E-state index contributed by atoms with van der Waals surface area (Å²) in [5.74, 6) is -23.8. The molecule has 10 heteroatoms. The van der Waals surface area contributed by atoms with E-state index in [1.165, 1.54) is 24.3 Å². The zero-order chi connectivity index (χ0) is 18.0. The molecule has 1 aliphatic carbocycles. The fourth-order valence-electron chi connectivity index (χ4n) is 2.30. The second-order valence-electron chi connectivity index (χ2n) is 5.19. The van der Waals surface area contributed by atoms with Crippen LogP contribution in [0.5, 0.6) is 0 Å². The van der Waals surface area contributed by atoms with Gasteiger partial charge in [0, 0.05) is 25.6 Å². The molecule has 0 bridgehead atoms. The molecule has 2 aromatic rings. The Kier molecular flexibility index (Phi) is 4.54. The summed E-state index contributed by atoms with van der Waals surface area (Å²) in [7, 11) is 0. The number of halogens is 8. The molecule has 3 rings (SSSR count). The number of fused-ring (bicyclic) bond motifs is 1. The molecule has 1 aromatic carbocycles. The Morgan fingerprint density at radius 2 is 1.36 bits per heavy atom. The second-order valence-corrected chi connectivity index (χ2v) is 5.19. The van der Waals surface area contributed by atoms with Crippen LogP contribution in [0.15, 0.2) is 36.4 Å². The molecule has 0 saturated heterocycles. The van der Waals surface area contributed by atoms with E-state index in [1.807, 2.05) is 0 Å². The molecule has 1 heterocycles. The van der Waals surface area contributed by atoms with E-state index in [4.69, 9.17) is 0 Å². The SMILES string of the molecule is FC1(F)[C-]=C(c2ccc3ccccc3n2)C(F)(F)C(F)(F)C1(F)F.[Ir]. The van der Waals surface area contributed by atoms with Gasteiger partial charge in [0.15, 0.2) is 0 Å². The minimum atomic E-state index is -6.31. The summed E-state index contributed by atoms with van der Waals surface area (Å²) < 4.78 is 108. The van der Waals surface area contributed by atoms with Gasteiger partial charge in [-0.3, -0.25) is 0 Å². The van der Waals surface area contributed by atoms with E-state index in [9.17, 15) is 35.1 Å². The fourth-order valence-corrected chi connectivity index (χ4v) is 2.30. The van der Waals surface area contributed by atoms with Crippen molar-refractivity contribution in [3.8, 4) is 0 Å². The van der Waals surface area contributed by atoms with Gasteiger partial charge < -0.3 is 4.98 Å². The van der Waals surface area contributed by atoms with Crippen LogP contribution in [0.1, 0.15) is 5.69 Å². The minimum Gasteiger partial charge on any atom is -0.343 e. The van der Waals surface area contributed by atoms with Crippen molar-refractivity contribution >= 4 is 16.5 Å². The monoisotopic (exact) mass is 545 g/mol.